The van der Waals surface area contributed by atoms with Crippen LogP contribution in [0.25, 0.3) is 0 Å². The van der Waals surface area contributed by atoms with Crippen LogP contribution in [0.3, 0.4) is 0 Å². The van der Waals surface area contributed by atoms with E-state index in [1.807, 2.05) is 0 Å². The molecule has 74 valence electrons. The van der Waals surface area contributed by atoms with Gasteiger partial charge in [0.2, 0.25) is 0 Å². The molecule has 0 bridgehead atoms. The molecule has 0 radical (unpaired) electrons. The molecule has 0 saturated heterocycles. The Morgan fingerprint density at radius 2 is 2.38 bits per heavy atom. The quantitative estimate of drug-likeness (QED) is 0.506. The van der Waals surface area contributed by atoms with Gasteiger partial charge < -0.3 is 4.74 Å². The maximum Gasteiger partial charge on any atom is 0.308 e. The lowest BCUT2D eigenvalue weighted by molar-refractivity contribution is -0.149. The number of rotatable bonds is 2. The van der Waals surface area contributed by atoms with Crippen LogP contribution in [0.15, 0.2) is 0 Å². The number of ketones is 1. The smallest absolute Gasteiger partial charge is 0.308 e. The normalized spacial score (nSPS) is 28.6. The Labute approximate surface area is 82.4 Å². The van der Waals surface area contributed by atoms with Crippen molar-refractivity contribution in [3.63, 3.8) is 0 Å². The van der Waals surface area contributed by atoms with Gasteiger partial charge in [0.1, 0.15) is 0 Å². The van der Waals surface area contributed by atoms with Crippen LogP contribution in [0.2, 0.25) is 0 Å². The summed E-state index contributed by atoms with van der Waals surface area (Å²) < 4.78 is 4.86. The molecular weight excluding hydrogens is 192 g/mol. The van der Waals surface area contributed by atoms with Gasteiger partial charge >= 0.3 is 5.97 Å². The predicted octanol–water partition coefficient (Wildman–Crippen LogP) is 1.53. The second kappa shape index (κ2) is 4.61. The molecule has 1 aliphatic rings. The maximum atomic E-state index is 11.3. The molecule has 0 unspecified atom stereocenters. The van der Waals surface area contributed by atoms with E-state index in [1.165, 1.54) is 0 Å². The third-order valence-corrected chi connectivity index (χ3v) is 2.62. The van der Waals surface area contributed by atoms with Gasteiger partial charge in [-0.1, -0.05) is 0 Å². The monoisotopic (exact) mass is 204 g/mol. The molecule has 0 heterocycles. The third kappa shape index (κ3) is 2.69. The van der Waals surface area contributed by atoms with Crippen LogP contribution in [0.4, 0.5) is 0 Å². The maximum absolute atomic E-state index is 11.3. The van der Waals surface area contributed by atoms with Crippen LogP contribution in [-0.4, -0.2) is 23.7 Å². The van der Waals surface area contributed by atoms with E-state index in [4.69, 9.17) is 16.3 Å². The summed E-state index contributed by atoms with van der Waals surface area (Å²) in [6.45, 7) is 2.15. The highest BCUT2D eigenvalue weighted by atomic mass is 35.5. The number of carbonyl (C=O) groups is 2. The summed E-state index contributed by atoms with van der Waals surface area (Å²) in [5, 5.41) is -0.497. The van der Waals surface area contributed by atoms with Crippen LogP contribution in [0.1, 0.15) is 26.2 Å². The minimum atomic E-state index is -0.497. The number of Topliss-reactive ketones (excluding diaryl/α,β-unsaturated/α-hetero) is 1. The van der Waals surface area contributed by atoms with Gasteiger partial charge in [0.15, 0.2) is 5.78 Å². The molecule has 4 heteroatoms. The molecule has 1 rings (SSSR count). The number of hydrogen-bond donors (Lipinski definition) is 0. The fourth-order valence-corrected chi connectivity index (χ4v) is 1.77. The van der Waals surface area contributed by atoms with Gasteiger partial charge in [-0.3, -0.25) is 9.59 Å². The highest BCUT2D eigenvalue weighted by Crippen LogP contribution is 2.26. The molecule has 2 atom stereocenters. The average molecular weight is 205 g/mol. The van der Waals surface area contributed by atoms with Gasteiger partial charge in [0.05, 0.1) is 17.9 Å². The van der Waals surface area contributed by atoms with Crippen LogP contribution in [0.5, 0.6) is 0 Å². The average Bonchev–Trinajstić information content (AvgIpc) is 2.10. The summed E-state index contributed by atoms with van der Waals surface area (Å²) in [4.78, 5) is 22.3. The number of esters is 1. The minimum Gasteiger partial charge on any atom is -0.466 e. The summed E-state index contributed by atoms with van der Waals surface area (Å²) in [7, 11) is 0. The first-order valence-corrected chi connectivity index (χ1v) is 4.92. The molecule has 0 spiro atoms. The Bertz CT molecular complexity index is 215. The molecule has 0 aliphatic heterocycles. The summed E-state index contributed by atoms with van der Waals surface area (Å²) in [6.07, 6.45) is 1.41. The molecule has 0 aromatic rings. The first-order chi connectivity index (χ1) is 6.15. The second-order valence-electron chi connectivity index (χ2n) is 3.16. The number of hydrogen-bond acceptors (Lipinski definition) is 3. The summed E-state index contributed by atoms with van der Waals surface area (Å²) in [6, 6.07) is 0. The molecule has 0 aromatic heterocycles. The van der Waals surface area contributed by atoms with E-state index in [9.17, 15) is 9.59 Å². The van der Waals surface area contributed by atoms with E-state index in [0.717, 1.165) is 0 Å². The first-order valence-electron chi connectivity index (χ1n) is 4.48. The standard InChI is InChI=1S/C9H13ClO3/c1-2-13-9(12)6-3-4-8(11)7(10)5-6/h6-7H,2-5H2,1H3/t6-,7-/m0/s1. The Kier molecular flexibility index (Phi) is 3.72. The summed E-state index contributed by atoms with van der Waals surface area (Å²) in [5.74, 6) is -0.358. The predicted molar refractivity (Wildman–Crippen MR) is 48.6 cm³/mol. The Balaban J connectivity index is 2.45. The second-order valence-corrected chi connectivity index (χ2v) is 3.68. The lowest BCUT2D eigenvalue weighted by atomic mass is 9.88. The van der Waals surface area contributed by atoms with Crippen LogP contribution < -0.4 is 0 Å². The van der Waals surface area contributed by atoms with E-state index >= 15 is 0 Å². The first kappa shape index (κ1) is 10.5. The van der Waals surface area contributed by atoms with Gasteiger partial charge in [-0.25, -0.2) is 0 Å². The Morgan fingerprint density at radius 3 is 2.92 bits per heavy atom. The van der Waals surface area contributed by atoms with Crippen molar-refractivity contribution in [3.8, 4) is 0 Å². The zero-order chi connectivity index (χ0) is 9.84. The van der Waals surface area contributed by atoms with Crippen molar-refractivity contribution < 1.29 is 14.3 Å². The molecule has 1 saturated carbocycles. The molecule has 1 fully saturated rings. The van der Waals surface area contributed by atoms with Crippen molar-refractivity contribution in [2.24, 2.45) is 5.92 Å². The molecule has 1 aliphatic carbocycles. The SMILES string of the molecule is CCOC(=O)[C@H]1CCC(=O)[C@@H](Cl)C1. The molecule has 0 amide bonds. The lowest BCUT2D eigenvalue weighted by Crippen LogP contribution is -2.30. The van der Waals surface area contributed by atoms with Crippen LogP contribution in [0, 0.1) is 5.92 Å². The van der Waals surface area contributed by atoms with Crippen LogP contribution >= 0.6 is 11.6 Å². The highest BCUT2D eigenvalue weighted by molar-refractivity contribution is 6.31. The zero-order valence-corrected chi connectivity index (χ0v) is 8.34. The highest BCUT2D eigenvalue weighted by Gasteiger charge is 2.31. The topological polar surface area (TPSA) is 43.4 Å². The van der Waals surface area contributed by atoms with E-state index in [2.05, 4.69) is 0 Å². The Hall–Kier alpha value is -0.570. The number of halogens is 1. The minimum absolute atomic E-state index is 0.0437. The summed E-state index contributed by atoms with van der Waals surface area (Å²) in [5.41, 5.74) is 0. The van der Waals surface area contributed by atoms with Crippen molar-refractivity contribution in [1.29, 1.82) is 0 Å². The van der Waals surface area contributed by atoms with Gasteiger partial charge in [-0.2, -0.15) is 0 Å². The molecule has 0 aromatic carbocycles. The van der Waals surface area contributed by atoms with Gasteiger partial charge in [-0.05, 0) is 19.8 Å². The summed E-state index contributed by atoms with van der Waals surface area (Å²) >= 11 is 5.75. The van der Waals surface area contributed by atoms with Gasteiger partial charge in [-0.15, -0.1) is 11.6 Å². The molecule has 3 nitrogen and oxygen atoms in total. The lowest BCUT2D eigenvalue weighted by Gasteiger charge is -2.22. The van der Waals surface area contributed by atoms with Gasteiger partial charge in [0.25, 0.3) is 0 Å². The van der Waals surface area contributed by atoms with Crippen LogP contribution in [-0.2, 0) is 14.3 Å². The third-order valence-electron chi connectivity index (χ3n) is 2.20. The van der Waals surface area contributed by atoms with Crippen molar-refractivity contribution in [2.75, 3.05) is 6.61 Å². The largest absolute Gasteiger partial charge is 0.466 e. The van der Waals surface area contributed by atoms with Gasteiger partial charge in [0, 0.05) is 6.42 Å². The van der Waals surface area contributed by atoms with Crippen molar-refractivity contribution in [3.05, 3.63) is 0 Å². The zero-order valence-electron chi connectivity index (χ0n) is 7.59. The van der Waals surface area contributed by atoms with Crippen molar-refractivity contribution >= 4 is 23.4 Å². The number of carbonyl (C=O) groups excluding carboxylic acids is 2. The fourth-order valence-electron chi connectivity index (χ4n) is 1.45. The fraction of sp³-hybridized carbons (Fsp3) is 0.778. The molecule has 13 heavy (non-hydrogen) atoms. The van der Waals surface area contributed by atoms with E-state index in [-0.39, 0.29) is 17.7 Å². The number of alkyl halides is 1. The Morgan fingerprint density at radius 1 is 1.69 bits per heavy atom. The number of ether oxygens (including phenoxy) is 1. The van der Waals surface area contributed by atoms with Crippen molar-refractivity contribution in [1.82, 2.24) is 0 Å². The van der Waals surface area contributed by atoms with E-state index in [0.29, 0.717) is 25.9 Å². The van der Waals surface area contributed by atoms with E-state index < -0.39 is 5.38 Å². The molecule has 0 N–H and O–H groups in total. The van der Waals surface area contributed by atoms with Crippen molar-refractivity contribution in [2.45, 2.75) is 31.6 Å². The van der Waals surface area contributed by atoms with E-state index in [1.54, 1.807) is 6.92 Å². The molecular formula is C9H13ClO3.